The monoisotopic (exact) mass is 316 g/mol. The van der Waals surface area contributed by atoms with Gasteiger partial charge in [0.25, 0.3) is 0 Å². The molecule has 2 nitrogen and oxygen atoms in total. The number of carbonyl (C=O) groups is 2. The first-order valence-electron chi connectivity index (χ1n) is 9.30. The number of hydrogen-bond acceptors (Lipinski definition) is 2. The van der Waals surface area contributed by atoms with Crippen molar-refractivity contribution in [3.63, 3.8) is 0 Å². The highest BCUT2D eigenvalue weighted by molar-refractivity contribution is 5.87. The molecule has 2 saturated carbocycles. The summed E-state index contributed by atoms with van der Waals surface area (Å²) in [5.41, 5.74) is -1.36. The number of aldehydes is 2. The van der Waals surface area contributed by atoms with E-state index in [1.807, 2.05) is 12.2 Å². The van der Waals surface area contributed by atoms with Crippen LogP contribution in [0.1, 0.15) is 77.0 Å². The van der Waals surface area contributed by atoms with E-state index in [1.165, 1.54) is 12.8 Å². The third-order valence-electron chi connectivity index (χ3n) is 6.82. The summed E-state index contributed by atoms with van der Waals surface area (Å²) in [6, 6.07) is 0. The first kappa shape index (κ1) is 18.2. The van der Waals surface area contributed by atoms with Crippen molar-refractivity contribution in [3.05, 3.63) is 25.3 Å². The molecule has 0 aliphatic heterocycles. The fraction of sp³-hybridized carbons (Fsp3) is 0.714. The second kappa shape index (κ2) is 7.59. The lowest BCUT2D eigenvalue weighted by Gasteiger charge is -2.57. The zero-order valence-electron chi connectivity index (χ0n) is 14.5. The molecule has 0 amide bonds. The molecule has 0 radical (unpaired) electrons. The minimum absolute atomic E-state index is 0.239. The van der Waals surface area contributed by atoms with Crippen molar-refractivity contribution in [3.8, 4) is 0 Å². The lowest BCUT2D eigenvalue weighted by molar-refractivity contribution is -0.159. The van der Waals surface area contributed by atoms with E-state index in [1.54, 1.807) is 0 Å². The predicted molar refractivity (Wildman–Crippen MR) is 95.2 cm³/mol. The molecule has 0 atom stereocenters. The predicted octanol–water partition coefficient (Wildman–Crippen LogP) is 5.42. The van der Waals surface area contributed by atoms with Gasteiger partial charge in [0.2, 0.25) is 0 Å². The molecule has 0 N–H and O–H groups in total. The van der Waals surface area contributed by atoms with Gasteiger partial charge in [0.05, 0.1) is 5.41 Å². The second-order valence-corrected chi connectivity index (χ2v) is 7.77. The van der Waals surface area contributed by atoms with E-state index >= 15 is 0 Å². The van der Waals surface area contributed by atoms with Gasteiger partial charge in [-0.25, -0.2) is 0 Å². The highest BCUT2D eigenvalue weighted by Gasteiger charge is 2.61. The van der Waals surface area contributed by atoms with E-state index in [0.717, 1.165) is 76.8 Å². The molecule has 0 aromatic rings. The lowest BCUT2D eigenvalue weighted by Crippen LogP contribution is -2.57. The molecule has 0 saturated heterocycles. The van der Waals surface area contributed by atoms with Crippen LogP contribution in [-0.4, -0.2) is 12.6 Å². The van der Waals surface area contributed by atoms with Crippen molar-refractivity contribution in [1.82, 2.24) is 0 Å². The van der Waals surface area contributed by atoms with Gasteiger partial charge >= 0.3 is 0 Å². The van der Waals surface area contributed by atoms with Crippen LogP contribution in [0.5, 0.6) is 0 Å². The Kier molecular flexibility index (Phi) is 6.00. The standard InChI is InChI=1S/C21H32O2/c1-3-11-19(13-7-5-8-14-19)21(17-22,18-23)20(12-4-2)15-9-6-10-16-20/h3-4,17-18H,1-2,5-16H2. The zero-order chi connectivity index (χ0) is 16.8. The molecular weight excluding hydrogens is 284 g/mol. The third-order valence-corrected chi connectivity index (χ3v) is 6.82. The summed E-state index contributed by atoms with van der Waals surface area (Å²) >= 11 is 0. The molecule has 2 heteroatoms. The fourth-order valence-electron chi connectivity index (χ4n) is 5.67. The van der Waals surface area contributed by atoms with Crippen LogP contribution < -0.4 is 0 Å². The van der Waals surface area contributed by atoms with Gasteiger partial charge in [-0.15, -0.1) is 13.2 Å². The van der Waals surface area contributed by atoms with Crippen molar-refractivity contribution in [2.75, 3.05) is 0 Å². The van der Waals surface area contributed by atoms with Crippen molar-refractivity contribution in [2.24, 2.45) is 16.2 Å². The van der Waals surface area contributed by atoms with E-state index in [4.69, 9.17) is 0 Å². The van der Waals surface area contributed by atoms with E-state index in [-0.39, 0.29) is 10.8 Å². The molecule has 128 valence electrons. The van der Waals surface area contributed by atoms with Crippen LogP contribution in [0.3, 0.4) is 0 Å². The normalized spacial score (nSPS) is 23.7. The van der Waals surface area contributed by atoms with Gasteiger partial charge in [-0.1, -0.05) is 50.7 Å². The quantitative estimate of drug-likeness (QED) is 0.340. The van der Waals surface area contributed by atoms with Crippen molar-refractivity contribution >= 4 is 12.6 Å². The molecule has 2 aliphatic rings. The topological polar surface area (TPSA) is 34.1 Å². The maximum absolute atomic E-state index is 12.5. The van der Waals surface area contributed by atoms with Crippen LogP contribution in [0, 0.1) is 16.2 Å². The van der Waals surface area contributed by atoms with Crippen LogP contribution in [0.15, 0.2) is 25.3 Å². The van der Waals surface area contributed by atoms with Crippen LogP contribution in [0.4, 0.5) is 0 Å². The molecule has 2 rings (SSSR count). The largest absolute Gasteiger partial charge is 0.302 e. The van der Waals surface area contributed by atoms with Crippen LogP contribution in [0.2, 0.25) is 0 Å². The molecule has 2 fully saturated rings. The molecule has 23 heavy (non-hydrogen) atoms. The summed E-state index contributed by atoms with van der Waals surface area (Å²) in [4.78, 5) is 25.0. The summed E-state index contributed by atoms with van der Waals surface area (Å²) in [5.74, 6) is 0. The first-order chi connectivity index (χ1) is 11.2. The molecule has 0 heterocycles. The summed E-state index contributed by atoms with van der Waals surface area (Å²) in [6.07, 6.45) is 18.2. The van der Waals surface area contributed by atoms with Gasteiger partial charge in [-0.05, 0) is 49.4 Å². The van der Waals surface area contributed by atoms with E-state index in [2.05, 4.69) is 13.2 Å². The average Bonchev–Trinajstić information content (AvgIpc) is 2.58. The van der Waals surface area contributed by atoms with Crippen LogP contribution in [-0.2, 0) is 9.59 Å². The summed E-state index contributed by atoms with van der Waals surface area (Å²) in [6.45, 7) is 7.89. The van der Waals surface area contributed by atoms with E-state index in [0.29, 0.717) is 0 Å². The molecule has 2 aliphatic carbocycles. The first-order valence-corrected chi connectivity index (χ1v) is 9.30. The minimum Gasteiger partial charge on any atom is -0.302 e. The van der Waals surface area contributed by atoms with Gasteiger partial charge in [0.15, 0.2) is 0 Å². The molecule has 0 aromatic heterocycles. The lowest BCUT2D eigenvalue weighted by atomic mass is 9.44. The Balaban J connectivity index is 2.58. The summed E-state index contributed by atoms with van der Waals surface area (Å²) in [5, 5.41) is 0. The Bertz CT molecular complexity index is 395. The highest BCUT2D eigenvalue weighted by atomic mass is 16.1. The van der Waals surface area contributed by atoms with Crippen molar-refractivity contribution < 1.29 is 9.59 Å². The van der Waals surface area contributed by atoms with Gasteiger partial charge in [0, 0.05) is 0 Å². The number of carbonyl (C=O) groups excluding carboxylic acids is 2. The third kappa shape index (κ3) is 2.86. The van der Waals surface area contributed by atoms with Gasteiger partial charge in [0.1, 0.15) is 12.6 Å². The van der Waals surface area contributed by atoms with E-state index < -0.39 is 5.41 Å². The Morgan fingerprint density at radius 3 is 1.30 bits per heavy atom. The maximum Gasteiger partial charge on any atom is 0.134 e. The molecular formula is C21H32O2. The average molecular weight is 316 g/mol. The Morgan fingerprint density at radius 1 is 0.696 bits per heavy atom. The number of rotatable bonds is 8. The van der Waals surface area contributed by atoms with Crippen LogP contribution in [0.25, 0.3) is 0 Å². The van der Waals surface area contributed by atoms with Crippen molar-refractivity contribution in [2.45, 2.75) is 77.0 Å². The SMILES string of the molecule is C=CCC1(C(C=O)(C=O)C2(CC=C)CCCCC2)CCCCC1. The number of hydrogen-bond donors (Lipinski definition) is 0. The highest BCUT2D eigenvalue weighted by Crippen LogP contribution is 2.63. The zero-order valence-corrected chi connectivity index (χ0v) is 14.5. The second-order valence-electron chi connectivity index (χ2n) is 7.77. The molecule has 0 spiro atoms. The van der Waals surface area contributed by atoms with Crippen LogP contribution >= 0.6 is 0 Å². The summed E-state index contributed by atoms with van der Waals surface area (Å²) < 4.78 is 0. The number of allylic oxidation sites excluding steroid dienone is 2. The Hall–Kier alpha value is -1.18. The van der Waals surface area contributed by atoms with Crippen molar-refractivity contribution in [1.29, 1.82) is 0 Å². The minimum atomic E-state index is -0.886. The summed E-state index contributed by atoms with van der Waals surface area (Å²) in [7, 11) is 0. The van der Waals surface area contributed by atoms with Gasteiger partial charge in [-0.3, -0.25) is 0 Å². The smallest absolute Gasteiger partial charge is 0.134 e. The van der Waals surface area contributed by atoms with E-state index in [9.17, 15) is 9.59 Å². The fourth-order valence-corrected chi connectivity index (χ4v) is 5.67. The van der Waals surface area contributed by atoms with Gasteiger partial charge < -0.3 is 9.59 Å². The molecule has 0 aromatic carbocycles. The molecule has 0 bridgehead atoms. The van der Waals surface area contributed by atoms with Gasteiger partial charge in [-0.2, -0.15) is 0 Å². The Morgan fingerprint density at radius 2 is 1.04 bits per heavy atom. The Labute approximate surface area is 141 Å². The molecule has 0 unspecified atom stereocenters. The maximum atomic E-state index is 12.5.